The van der Waals surface area contributed by atoms with E-state index in [1.807, 2.05) is 40.8 Å². The van der Waals surface area contributed by atoms with Gasteiger partial charge in [-0.1, -0.05) is 11.3 Å². The van der Waals surface area contributed by atoms with Gasteiger partial charge in [0.2, 0.25) is 0 Å². The molecule has 0 aliphatic carbocycles. The molecule has 3 aromatic rings. The number of nitrogens with zero attached hydrogens (tertiary/aromatic N) is 5. The predicted octanol–water partition coefficient (Wildman–Crippen LogP) is 3.24. The van der Waals surface area contributed by atoms with Crippen molar-refractivity contribution in [2.75, 3.05) is 31.1 Å². The molecule has 1 fully saturated rings. The minimum atomic E-state index is 0.0955. The molecule has 0 radical (unpaired) electrons. The summed E-state index contributed by atoms with van der Waals surface area (Å²) in [5.74, 6) is 0.0955. The van der Waals surface area contributed by atoms with Crippen LogP contribution >= 0.6 is 27.3 Å². The van der Waals surface area contributed by atoms with Crippen LogP contribution in [-0.4, -0.2) is 51.5 Å². The molecule has 0 saturated carbocycles. The highest BCUT2D eigenvalue weighted by molar-refractivity contribution is 9.10. The van der Waals surface area contributed by atoms with Crippen LogP contribution in [0.1, 0.15) is 17.4 Å². The molecule has 0 unspecified atom stereocenters. The first-order valence-electron chi connectivity index (χ1n) is 8.27. The number of pyridine rings is 1. The lowest BCUT2D eigenvalue weighted by Crippen LogP contribution is -2.49. The van der Waals surface area contributed by atoms with Gasteiger partial charge in [-0.25, -0.2) is 9.97 Å². The van der Waals surface area contributed by atoms with E-state index in [4.69, 9.17) is 0 Å². The number of halogens is 1. The second-order valence-electron chi connectivity index (χ2n) is 5.93. The molecule has 6 nitrogen and oxygen atoms in total. The van der Waals surface area contributed by atoms with Crippen molar-refractivity contribution >= 4 is 48.7 Å². The van der Waals surface area contributed by atoms with Crippen molar-refractivity contribution in [3.63, 3.8) is 0 Å². The molecule has 1 aliphatic heterocycles. The largest absolute Gasteiger partial charge is 0.344 e. The van der Waals surface area contributed by atoms with Crippen LogP contribution in [0.4, 0.5) is 5.13 Å². The summed E-state index contributed by atoms with van der Waals surface area (Å²) in [6.45, 7) is 5.82. The number of aromatic nitrogens is 3. The normalized spacial score (nSPS) is 15.1. The molecule has 25 heavy (non-hydrogen) atoms. The molecule has 4 rings (SSSR count). The Labute approximate surface area is 158 Å². The van der Waals surface area contributed by atoms with Gasteiger partial charge in [-0.05, 0) is 41.1 Å². The lowest BCUT2D eigenvalue weighted by molar-refractivity contribution is 0.0736. The minimum Gasteiger partial charge on any atom is -0.344 e. The van der Waals surface area contributed by atoms with Gasteiger partial charge in [-0.15, -0.1) is 0 Å². The SMILES string of the molecule is CCn1cc(Br)cc1C(=O)N1CCN(c2nc3cccnc3s2)CC1. The van der Waals surface area contributed by atoms with Gasteiger partial charge < -0.3 is 14.4 Å². The zero-order valence-corrected chi connectivity index (χ0v) is 16.3. The first kappa shape index (κ1) is 16.5. The third-order valence-corrected chi connectivity index (χ3v) is 5.89. The summed E-state index contributed by atoms with van der Waals surface area (Å²) in [5, 5.41) is 0.987. The van der Waals surface area contributed by atoms with Gasteiger partial charge in [0.1, 0.15) is 16.0 Å². The van der Waals surface area contributed by atoms with Crippen molar-refractivity contribution < 1.29 is 4.79 Å². The van der Waals surface area contributed by atoms with Gasteiger partial charge in [0.25, 0.3) is 5.91 Å². The van der Waals surface area contributed by atoms with Crippen molar-refractivity contribution in [3.05, 3.63) is 40.8 Å². The summed E-state index contributed by atoms with van der Waals surface area (Å²) in [5.41, 5.74) is 1.68. The molecule has 0 N–H and O–H groups in total. The van der Waals surface area contributed by atoms with E-state index in [0.717, 1.165) is 45.3 Å². The Bertz CT molecular complexity index is 880. The summed E-state index contributed by atoms with van der Waals surface area (Å²) in [7, 11) is 0. The molecule has 0 spiro atoms. The monoisotopic (exact) mass is 419 g/mol. The Kier molecular flexibility index (Phi) is 4.47. The van der Waals surface area contributed by atoms with Crippen LogP contribution in [0.2, 0.25) is 0 Å². The summed E-state index contributed by atoms with van der Waals surface area (Å²) < 4.78 is 2.93. The van der Waals surface area contributed by atoms with Gasteiger partial charge in [0, 0.05) is 49.6 Å². The van der Waals surface area contributed by atoms with Crippen LogP contribution in [0.3, 0.4) is 0 Å². The molecular weight excluding hydrogens is 402 g/mol. The third-order valence-electron chi connectivity index (χ3n) is 4.42. The van der Waals surface area contributed by atoms with Crippen LogP contribution in [0.5, 0.6) is 0 Å². The number of amides is 1. The number of hydrogen-bond acceptors (Lipinski definition) is 5. The van der Waals surface area contributed by atoms with Crippen LogP contribution in [0.15, 0.2) is 35.1 Å². The van der Waals surface area contributed by atoms with E-state index in [1.54, 1.807) is 17.5 Å². The molecule has 130 valence electrons. The number of anilines is 1. The quantitative estimate of drug-likeness (QED) is 0.653. The van der Waals surface area contributed by atoms with Crippen molar-refractivity contribution in [2.45, 2.75) is 13.5 Å². The Hall–Kier alpha value is -1.93. The fourth-order valence-corrected chi connectivity index (χ4v) is 4.50. The van der Waals surface area contributed by atoms with Crippen LogP contribution in [0, 0.1) is 0 Å². The fraction of sp³-hybridized carbons (Fsp3) is 0.353. The second-order valence-corrected chi connectivity index (χ2v) is 7.80. The minimum absolute atomic E-state index is 0.0955. The lowest BCUT2D eigenvalue weighted by atomic mass is 10.3. The zero-order valence-electron chi connectivity index (χ0n) is 13.9. The van der Waals surface area contributed by atoms with E-state index in [0.29, 0.717) is 13.1 Å². The lowest BCUT2D eigenvalue weighted by Gasteiger charge is -2.34. The van der Waals surface area contributed by atoms with Crippen LogP contribution in [0.25, 0.3) is 10.3 Å². The number of carbonyl (C=O) groups excluding carboxylic acids is 1. The van der Waals surface area contributed by atoms with E-state index < -0.39 is 0 Å². The zero-order chi connectivity index (χ0) is 17.4. The smallest absolute Gasteiger partial charge is 0.270 e. The molecule has 1 aliphatic rings. The molecule has 8 heteroatoms. The second kappa shape index (κ2) is 6.76. The van der Waals surface area contributed by atoms with Crippen molar-refractivity contribution in [2.24, 2.45) is 0 Å². The van der Waals surface area contributed by atoms with Gasteiger partial charge in [-0.2, -0.15) is 0 Å². The summed E-state index contributed by atoms with van der Waals surface area (Å²) >= 11 is 5.07. The van der Waals surface area contributed by atoms with Crippen molar-refractivity contribution in [1.29, 1.82) is 0 Å². The average molecular weight is 420 g/mol. The van der Waals surface area contributed by atoms with Crippen LogP contribution < -0.4 is 4.90 Å². The molecule has 1 amide bonds. The van der Waals surface area contributed by atoms with Gasteiger partial charge in [-0.3, -0.25) is 4.79 Å². The Morgan fingerprint density at radius 2 is 2.12 bits per heavy atom. The molecule has 4 heterocycles. The van der Waals surface area contributed by atoms with Gasteiger partial charge in [0.05, 0.1) is 0 Å². The van der Waals surface area contributed by atoms with E-state index in [9.17, 15) is 4.79 Å². The molecule has 1 saturated heterocycles. The molecule has 3 aromatic heterocycles. The number of rotatable bonds is 3. The molecule has 0 atom stereocenters. The number of aryl methyl sites for hydroxylation is 1. The fourth-order valence-electron chi connectivity index (χ4n) is 3.07. The summed E-state index contributed by atoms with van der Waals surface area (Å²) in [6, 6.07) is 5.79. The van der Waals surface area contributed by atoms with Crippen molar-refractivity contribution in [1.82, 2.24) is 19.4 Å². The average Bonchev–Trinajstić information content (AvgIpc) is 3.24. The number of thiazole rings is 1. The Morgan fingerprint density at radius 3 is 2.84 bits per heavy atom. The number of hydrogen-bond donors (Lipinski definition) is 0. The molecular formula is C17H18BrN5OS. The predicted molar refractivity (Wildman–Crippen MR) is 103 cm³/mol. The Morgan fingerprint density at radius 1 is 1.32 bits per heavy atom. The molecule has 0 aromatic carbocycles. The third kappa shape index (κ3) is 3.16. The highest BCUT2D eigenvalue weighted by atomic mass is 79.9. The number of carbonyl (C=O) groups is 1. The number of piperazine rings is 1. The Balaban J connectivity index is 1.46. The maximum absolute atomic E-state index is 12.8. The maximum atomic E-state index is 12.8. The van der Waals surface area contributed by atoms with Crippen LogP contribution in [-0.2, 0) is 6.54 Å². The van der Waals surface area contributed by atoms with E-state index in [-0.39, 0.29) is 5.91 Å². The van der Waals surface area contributed by atoms with Gasteiger partial charge in [0.15, 0.2) is 5.13 Å². The highest BCUT2D eigenvalue weighted by Crippen LogP contribution is 2.28. The van der Waals surface area contributed by atoms with Gasteiger partial charge >= 0.3 is 0 Å². The number of fused-ring (bicyclic) bond motifs is 1. The maximum Gasteiger partial charge on any atom is 0.270 e. The standard InChI is InChI=1S/C17H18BrN5OS/c1-2-21-11-12(18)10-14(21)16(24)22-6-8-23(9-7-22)17-20-13-4-3-5-19-15(13)25-17/h3-5,10-11H,2,6-9H2,1H3. The first-order valence-corrected chi connectivity index (χ1v) is 9.88. The summed E-state index contributed by atoms with van der Waals surface area (Å²) in [6.07, 6.45) is 3.75. The topological polar surface area (TPSA) is 54.3 Å². The first-order chi connectivity index (χ1) is 12.2. The highest BCUT2D eigenvalue weighted by Gasteiger charge is 2.25. The molecule has 0 bridgehead atoms. The summed E-state index contributed by atoms with van der Waals surface area (Å²) in [4.78, 5) is 27.0. The van der Waals surface area contributed by atoms with E-state index in [1.165, 1.54) is 0 Å². The van der Waals surface area contributed by atoms with E-state index in [2.05, 4.69) is 30.8 Å². The van der Waals surface area contributed by atoms with E-state index >= 15 is 0 Å². The van der Waals surface area contributed by atoms with Crippen molar-refractivity contribution in [3.8, 4) is 0 Å².